The number of carboxylic acids is 1. The normalized spacial score (nSPS) is 12.0. The highest BCUT2D eigenvalue weighted by molar-refractivity contribution is 5.74. The van der Waals surface area contributed by atoms with E-state index in [1.807, 2.05) is 19.1 Å². The molecule has 1 rings (SSSR count). The minimum atomic E-state index is -0.876. The summed E-state index contributed by atoms with van der Waals surface area (Å²) in [5.74, 6) is -0.501. The van der Waals surface area contributed by atoms with Crippen molar-refractivity contribution in [2.75, 3.05) is 7.05 Å². The summed E-state index contributed by atoms with van der Waals surface area (Å²) >= 11 is 0. The van der Waals surface area contributed by atoms with E-state index in [0.717, 1.165) is 11.1 Å². The van der Waals surface area contributed by atoms with E-state index in [9.17, 15) is 9.59 Å². The summed E-state index contributed by atoms with van der Waals surface area (Å²) in [7, 11) is 1.77. The zero-order valence-corrected chi connectivity index (χ0v) is 13.1. The molecule has 0 fully saturated rings. The fourth-order valence-electron chi connectivity index (χ4n) is 1.99. The van der Waals surface area contributed by atoms with Crippen molar-refractivity contribution < 1.29 is 14.7 Å². The number of carbonyl (C=O) groups excluding carboxylic acids is 1. The molecule has 0 radical (unpaired) electrons. The van der Waals surface area contributed by atoms with Crippen LogP contribution in [0.4, 0.5) is 4.79 Å². The van der Waals surface area contributed by atoms with Crippen molar-refractivity contribution in [1.82, 2.24) is 10.2 Å². The molecule has 1 atom stereocenters. The van der Waals surface area contributed by atoms with Crippen LogP contribution in [0, 0.1) is 5.92 Å². The van der Waals surface area contributed by atoms with Gasteiger partial charge in [-0.2, -0.15) is 0 Å². The van der Waals surface area contributed by atoms with E-state index in [2.05, 4.69) is 19.2 Å². The minimum absolute atomic E-state index is 0.0374. The molecule has 1 unspecified atom stereocenters. The van der Waals surface area contributed by atoms with Gasteiger partial charge in [-0.05, 0) is 24.0 Å². The smallest absolute Gasteiger partial charge is 0.317 e. The van der Waals surface area contributed by atoms with Crippen LogP contribution in [-0.4, -0.2) is 35.1 Å². The van der Waals surface area contributed by atoms with Crippen LogP contribution in [0.25, 0.3) is 0 Å². The summed E-state index contributed by atoms with van der Waals surface area (Å²) in [6.45, 7) is 6.47. The molecule has 0 heterocycles. The average Bonchev–Trinajstić information content (AvgIpc) is 2.43. The van der Waals surface area contributed by atoms with Gasteiger partial charge in [0.1, 0.15) is 0 Å². The number of aliphatic carboxylic acids is 1. The first-order valence-electron chi connectivity index (χ1n) is 7.12. The third-order valence-corrected chi connectivity index (χ3v) is 3.79. The largest absolute Gasteiger partial charge is 0.481 e. The van der Waals surface area contributed by atoms with Gasteiger partial charge in [0.25, 0.3) is 0 Å². The Morgan fingerprint density at radius 3 is 2.29 bits per heavy atom. The molecule has 0 saturated heterocycles. The van der Waals surface area contributed by atoms with Gasteiger partial charge in [-0.15, -0.1) is 0 Å². The van der Waals surface area contributed by atoms with E-state index in [-0.39, 0.29) is 18.5 Å². The number of carboxylic acid groups (broad SMARTS) is 1. The van der Waals surface area contributed by atoms with Crippen molar-refractivity contribution in [3.8, 4) is 0 Å². The second-order valence-electron chi connectivity index (χ2n) is 5.59. The Kier molecular flexibility index (Phi) is 6.21. The fraction of sp³-hybridized carbons (Fsp3) is 0.500. The molecule has 0 spiro atoms. The first-order chi connectivity index (χ1) is 9.82. The summed E-state index contributed by atoms with van der Waals surface area (Å²) in [6.07, 6.45) is -0.0374. The van der Waals surface area contributed by atoms with Crippen molar-refractivity contribution in [3.63, 3.8) is 0 Å². The van der Waals surface area contributed by atoms with Crippen LogP contribution in [0.5, 0.6) is 0 Å². The maximum Gasteiger partial charge on any atom is 0.317 e. The number of hydrogen-bond donors (Lipinski definition) is 2. The Morgan fingerprint density at radius 2 is 1.76 bits per heavy atom. The molecule has 2 N–H and O–H groups in total. The van der Waals surface area contributed by atoms with E-state index in [1.54, 1.807) is 24.1 Å². The molecule has 21 heavy (non-hydrogen) atoms. The molecular weight excluding hydrogens is 268 g/mol. The summed E-state index contributed by atoms with van der Waals surface area (Å²) in [6, 6.07) is 7.24. The summed E-state index contributed by atoms with van der Waals surface area (Å²) in [5, 5.41) is 11.7. The van der Waals surface area contributed by atoms with Gasteiger partial charge in [0.2, 0.25) is 0 Å². The molecule has 5 nitrogen and oxygen atoms in total. The first-order valence-corrected chi connectivity index (χ1v) is 7.12. The highest BCUT2D eigenvalue weighted by Gasteiger charge is 2.18. The van der Waals surface area contributed by atoms with Gasteiger partial charge in [-0.1, -0.05) is 38.1 Å². The van der Waals surface area contributed by atoms with Gasteiger partial charge >= 0.3 is 12.0 Å². The molecule has 0 bridgehead atoms. The average molecular weight is 292 g/mol. The lowest BCUT2D eigenvalue weighted by Crippen LogP contribution is -2.44. The van der Waals surface area contributed by atoms with Gasteiger partial charge < -0.3 is 15.3 Å². The number of nitrogens with zero attached hydrogens (tertiary/aromatic N) is 1. The van der Waals surface area contributed by atoms with Gasteiger partial charge in [0.05, 0.1) is 6.42 Å². The number of hydrogen-bond acceptors (Lipinski definition) is 2. The highest BCUT2D eigenvalue weighted by atomic mass is 16.4. The topological polar surface area (TPSA) is 69.6 Å². The third-order valence-electron chi connectivity index (χ3n) is 3.79. The second-order valence-corrected chi connectivity index (χ2v) is 5.59. The van der Waals surface area contributed by atoms with Gasteiger partial charge in [0, 0.05) is 19.6 Å². The van der Waals surface area contributed by atoms with Crippen molar-refractivity contribution in [2.24, 2.45) is 5.92 Å². The second kappa shape index (κ2) is 7.67. The van der Waals surface area contributed by atoms with Crippen LogP contribution >= 0.6 is 0 Å². The monoisotopic (exact) mass is 292 g/mol. The molecule has 0 aromatic heterocycles. The summed E-state index contributed by atoms with van der Waals surface area (Å²) in [5.41, 5.74) is 1.56. The van der Waals surface area contributed by atoms with Crippen LogP contribution in [0.15, 0.2) is 24.3 Å². The predicted octanol–water partition coefficient (Wildman–Crippen LogP) is 2.50. The Hall–Kier alpha value is -2.04. The first kappa shape index (κ1) is 17.0. The van der Waals surface area contributed by atoms with Gasteiger partial charge in [-0.3, -0.25) is 4.79 Å². The number of carbonyl (C=O) groups is 2. The van der Waals surface area contributed by atoms with Crippen molar-refractivity contribution in [1.29, 1.82) is 0 Å². The quantitative estimate of drug-likeness (QED) is 0.846. The zero-order valence-electron chi connectivity index (χ0n) is 13.1. The fourth-order valence-corrected chi connectivity index (χ4v) is 1.99. The Morgan fingerprint density at radius 1 is 1.19 bits per heavy atom. The maximum atomic E-state index is 12.1. The van der Waals surface area contributed by atoms with E-state index in [4.69, 9.17) is 5.11 Å². The lowest BCUT2D eigenvalue weighted by atomic mass is 10.0. The zero-order chi connectivity index (χ0) is 16.0. The van der Waals surface area contributed by atoms with Gasteiger partial charge in [0.15, 0.2) is 0 Å². The molecule has 2 amide bonds. The van der Waals surface area contributed by atoms with Crippen molar-refractivity contribution >= 4 is 12.0 Å². The number of amides is 2. The van der Waals surface area contributed by atoms with Crippen LogP contribution in [-0.2, 0) is 17.8 Å². The SMILES string of the molecule is CC(C)C(C)N(C)C(=O)NCc1ccccc1CC(=O)O. The Bertz CT molecular complexity index is 500. The maximum absolute atomic E-state index is 12.1. The van der Waals surface area contributed by atoms with E-state index in [0.29, 0.717) is 12.5 Å². The number of urea groups is 1. The van der Waals surface area contributed by atoms with Crippen LogP contribution in [0.2, 0.25) is 0 Å². The Balaban J connectivity index is 2.67. The van der Waals surface area contributed by atoms with Crippen molar-refractivity contribution in [2.45, 2.75) is 39.8 Å². The summed E-state index contributed by atoms with van der Waals surface area (Å²) in [4.78, 5) is 24.6. The molecule has 0 aliphatic carbocycles. The van der Waals surface area contributed by atoms with Crippen molar-refractivity contribution in [3.05, 3.63) is 35.4 Å². The lowest BCUT2D eigenvalue weighted by molar-refractivity contribution is -0.136. The molecule has 0 aliphatic rings. The van der Waals surface area contributed by atoms with Crippen LogP contribution in [0.1, 0.15) is 31.9 Å². The molecule has 1 aromatic rings. The van der Waals surface area contributed by atoms with Gasteiger partial charge in [-0.25, -0.2) is 4.79 Å². The molecular formula is C16H24N2O3. The van der Waals surface area contributed by atoms with Crippen LogP contribution < -0.4 is 5.32 Å². The number of rotatable bonds is 6. The molecule has 1 aromatic carbocycles. The minimum Gasteiger partial charge on any atom is -0.481 e. The molecule has 116 valence electrons. The predicted molar refractivity (Wildman–Crippen MR) is 82.1 cm³/mol. The van der Waals surface area contributed by atoms with Crippen LogP contribution in [0.3, 0.4) is 0 Å². The molecule has 0 aliphatic heterocycles. The number of benzene rings is 1. The Labute approximate surface area is 126 Å². The third kappa shape index (κ3) is 5.10. The van der Waals surface area contributed by atoms with E-state index in [1.165, 1.54) is 0 Å². The van der Waals surface area contributed by atoms with E-state index >= 15 is 0 Å². The highest BCUT2D eigenvalue weighted by Crippen LogP contribution is 2.11. The standard InChI is InChI=1S/C16H24N2O3/c1-11(2)12(3)18(4)16(21)17-10-14-8-6-5-7-13(14)9-15(19)20/h5-8,11-12H,9-10H2,1-4H3,(H,17,21)(H,19,20). The lowest BCUT2D eigenvalue weighted by Gasteiger charge is -2.28. The summed E-state index contributed by atoms with van der Waals surface area (Å²) < 4.78 is 0. The molecule has 0 saturated carbocycles. The molecule has 5 heteroatoms. The number of nitrogens with one attached hydrogen (secondary N) is 1. The van der Waals surface area contributed by atoms with E-state index < -0.39 is 5.97 Å².